The minimum Gasteiger partial charge on any atom is -0.477 e. The van der Waals surface area contributed by atoms with Crippen molar-refractivity contribution in [3.05, 3.63) is 63.8 Å². The van der Waals surface area contributed by atoms with E-state index in [0.717, 1.165) is 18.4 Å². The maximum atomic E-state index is 12.9. The van der Waals surface area contributed by atoms with Crippen molar-refractivity contribution in [2.24, 2.45) is 0 Å². The van der Waals surface area contributed by atoms with Gasteiger partial charge >= 0.3 is 5.97 Å². The van der Waals surface area contributed by atoms with Crippen LogP contribution in [0.25, 0.3) is 5.69 Å². The van der Waals surface area contributed by atoms with E-state index in [1.54, 1.807) is 6.20 Å². The van der Waals surface area contributed by atoms with Crippen LogP contribution in [0.2, 0.25) is 0 Å². The topological polar surface area (TPSA) is 59.3 Å². The second-order valence-electron chi connectivity index (χ2n) is 4.92. The molecule has 0 atom stereocenters. The Balaban J connectivity index is 2.20. The van der Waals surface area contributed by atoms with E-state index in [0.29, 0.717) is 11.6 Å². The van der Waals surface area contributed by atoms with Crippen molar-refractivity contribution in [3.8, 4) is 5.69 Å². The fourth-order valence-electron chi connectivity index (χ4n) is 2.19. The molecule has 0 saturated heterocycles. The second-order valence-corrected chi connectivity index (χ2v) is 4.92. The van der Waals surface area contributed by atoms with Gasteiger partial charge in [0.05, 0.1) is 0 Å². The number of hydrogen-bond acceptors (Lipinski definition) is 2. The first-order chi connectivity index (χ1) is 9.56. The van der Waals surface area contributed by atoms with Gasteiger partial charge in [-0.05, 0) is 54.7 Å². The van der Waals surface area contributed by atoms with Crippen LogP contribution in [0.5, 0.6) is 0 Å². The first-order valence-corrected chi connectivity index (χ1v) is 6.32. The smallest absolute Gasteiger partial charge is 0.341 e. The Morgan fingerprint density at radius 1 is 1.25 bits per heavy atom. The van der Waals surface area contributed by atoms with Gasteiger partial charge in [0.15, 0.2) is 0 Å². The molecular weight excluding hydrogens is 261 g/mol. The summed E-state index contributed by atoms with van der Waals surface area (Å²) in [6.07, 6.45) is 3.65. The summed E-state index contributed by atoms with van der Waals surface area (Å²) in [5, 5.41) is 9.13. The van der Waals surface area contributed by atoms with Crippen LogP contribution in [0, 0.1) is 5.82 Å². The van der Waals surface area contributed by atoms with Crippen molar-refractivity contribution in [1.82, 2.24) is 4.57 Å². The molecule has 0 spiro atoms. The lowest BCUT2D eigenvalue weighted by atomic mass is 10.1. The molecule has 1 heterocycles. The first kappa shape index (κ1) is 12.6. The van der Waals surface area contributed by atoms with Crippen LogP contribution in [-0.2, 0) is 0 Å². The quantitative estimate of drug-likeness (QED) is 0.935. The van der Waals surface area contributed by atoms with Crippen molar-refractivity contribution in [2.45, 2.75) is 18.8 Å². The number of aromatic carboxylic acids is 1. The lowest BCUT2D eigenvalue weighted by Crippen LogP contribution is -2.25. The van der Waals surface area contributed by atoms with E-state index in [9.17, 15) is 14.0 Å². The van der Waals surface area contributed by atoms with Crippen molar-refractivity contribution in [3.63, 3.8) is 0 Å². The highest BCUT2D eigenvalue weighted by Gasteiger charge is 2.26. The van der Waals surface area contributed by atoms with E-state index >= 15 is 0 Å². The van der Waals surface area contributed by atoms with E-state index in [1.165, 1.54) is 34.9 Å². The number of carboxylic acids is 1. The maximum absolute atomic E-state index is 12.9. The molecular formula is C15H12FNO3. The van der Waals surface area contributed by atoms with Crippen molar-refractivity contribution < 1.29 is 14.3 Å². The van der Waals surface area contributed by atoms with Gasteiger partial charge in [0.2, 0.25) is 0 Å². The SMILES string of the molecule is O=C(O)c1cc(C2CC2)cn(-c2ccc(F)cc2)c1=O. The Hall–Kier alpha value is -2.43. The van der Waals surface area contributed by atoms with Gasteiger partial charge in [-0.1, -0.05) is 0 Å². The van der Waals surface area contributed by atoms with E-state index in [1.807, 2.05) is 0 Å². The van der Waals surface area contributed by atoms with E-state index in [4.69, 9.17) is 5.11 Å². The lowest BCUT2D eigenvalue weighted by Gasteiger charge is -2.10. The van der Waals surface area contributed by atoms with Gasteiger partial charge in [-0.3, -0.25) is 9.36 Å². The molecule has 0 unspecified atom stereocenters. The predicted octanol–water partition coefficient (Wildman–Crippen LogP) is 2.55. The molecule has 1 N–H and O–H groups in total. The minimum absolute atomic E-state index is 0.251. The van der Waals surface area contributed by atoms with E-state index < -0.39 is 17.3 Å². The van der Waals surface area contributed by atoms with Gasteiger partial charge in [0.1, 0.15) is 11.4 Å². The van der Waals surface area contributed by atoms with Gasteiger partial charge in [0, 0.05) is 11.9 Å². The number of halogens is 1. The molecule has 0 amide bonds. The van der Waals surface area contributed by atoms with Crippen molar-refractivity contribution in [1.29, 1.82) is 0 Å². The Labute approximate surface area is 114 Å². The first-order valence-electron chi connectivity index (χ1n) is 6.32. The van der Waals surface area contributed by atoms with Gasteiger partial charge in [-0.15, -0.1) is 0 Å². The summed E-state index contributed by atoms with van der Waals surface area (Å²) in [6, 6.07) is 6.85. The summed E-state index contributed by atoms with van der Waals surface area (Å²) < 4.78 is 14.2. The fourth-order valence-corrected chi connectivity index (χ4v) is 2.19. The molecule has 1 aliphatic rings. The molecule has 102 valence electrons. The van der Waals surface area contributed by atoms with Crippen molar-refractivity contribution in [2.75, 3.05) is 0 Å². The number of pyridine rings is 1. The normalized spacial score (nSPS) is 14.2. The van der Waals surface area contributed by atoms with Crippen molar-refractivity contribution >= 4 is 5.97 Å². The molecule has 1 saturated carbocycles. The second kappa shape index (κ2) is 4.59. The van der Waals surface area contributed by atoms with Crippen LogP contribution < -0.4 is 5.56 Å². The molecule has 1 aromatic carbocycles. The van der Waals surface area contributed by atoms with E-state index in [2.05, 4.69) is 0 Å². The van der Waals surface area contributed by atoms with Crippen LogP contribution in [0.3, 0.4) is 0 Å². The maximum Gasteiger partial charge on any atom is 0.341 e. The third-order valence-corrected chi connectivity index (χ3v) is 3.42. The van der Waals surface area contributed by atoms with Gasteiger partial charge in [-0.25, -0.2) is 9.18 Å². The third-order valence-electron chi connectivity index (χ3n) is 3.42. The molecule has 4 nitrogen and oxygen atoms in total. The Morgan fingerprint density at radius 3 is 2.45 bits per heavy atom. The summed E-state index contributed by atoms with van der Waals surface area (Å²) in [6.45, 7) is 0. The number of carboxylic acid groups (broad SMARTS) is 1. The Kier molecular flexibility index (Phi) is 2.89. The zero-order chi connectivity index (χ0) is 14.3. The Morgan fingerprint density at radius 2 is 1.90 bits per heavy atom. The average Bonchev–Trinajstić information content (AvgIpc) is 3.24. The molecule has 0 bridgehead atoms. The zero-order valence-electron chi connectivity index (χ0n) is 10.5. The summed E-state index contributed by atoms with van der Waals surface area (Å²) >= 11 is 0. The average molecular weight is 273 g/mol. The highest BCUT2D eigenvalue weighted by atomic mass is 19.1. The van der Waals surface area contributed by atoms with Gasteiger partial charge in [0.25, 0.3) is 5.56 Å². The standard InChI is InChI=1S/C15H12FNO3/c16-11-3-5-12(6-4-11)17-8-10(9-1-2-9)7-13(14(17)18)15(19)20/h3-9H,1-2H2,(H,19,20). The number of carbonyl (C=O) groups is 1. The van der Waals surface area contributed by atoms with Crippen LogP contribution in [-0.4, -0.2) is 15.6 Å². The molecule has 2 aromatic rings. The third kappa shape index (κ3) is 2.22. The Bertz CT molecular complexity index is 730. The van der Waals surface area contributed by atoms with Crippen LogP contribution in [0.1, 0.15) is 34.7 Å². The molecule has 1 aromatic heterocycles. The predicted molar refractivity (Wildman–Crippen MR) is 70.9 cm³/mol. The van der Waals surface area contributed by atoms with Crippen LogP contribution >= 0.6 is 0 Å². The highest BCUT2D eigenvalue weighted by Crippen LogP contribution is 2.40. The summed E-state index contributed by atoms with van der Waals surface area (Å²) in [5.74, 6) is -1.33. The van der Waals surface area contributed by atoms with Crippen LogP contribution in [0.4, 0.5) is 4.39 Å². The summed E-state index contributed by atoms with van der Waals surface area (Å²) in [7, 11) is 0. The highest BCUT2D eigenvalue weighted by molar-refractivity contribution is 5.87. The number of benzene rings is 1. The fraction of sp³-hybridized carbons (Fsp3) is 0.200. The molecule has 1 fully saturated rings. The minimum atomic E-state index is -1.24. The van der Waals surface area contributed by atoms with Gasteiger partial charge < -0.3 is 5.11 Å². The summed E-state index contributed by atoms with van der Waals surface area (Å²) in [5.41, 5.74) is 0.444. The summed E-state index contributed by atoms with van der Waals surface area (Å²) in [4.78, 5) is 23.4. The number of hydrogen-bond donors (Lipinski definition) is 1. The molecule has 0 aliphatic heterocycles. The molecule has 1 aliphatic carbocycles. The molecule has 0 radical (unpaired) electrons. The monoisotopic (exact) mass is 273 g/mol. The van der Waals surface area contributed by atoms with E-state index in [-0.39, 0.29) is 5.56 Å². The largest absolute Gasteiger partial charge is 0.477 e. The van der Waals surface area contributed by atoms with Gasteiger partial charge in [-0.2, -0.15) is 0 Å². The number of aromatic nitrogens is 1. The number of rotatable bonds is 3. The molecule has 20 heavy (non-hydrogen) atoms. The molecule has 5 heteroatoms. The zero-order valence-corrected chi connectivity index (χ0v) is 10.5. The van der Waals surface area contributed by atoms with Crippen LogP contribution in [0.15, 0.2) is 41.3 Å². The molecule has 3 rings (SSSR count). The lowest BCUT2D eigenvalue weighted by molar-refractivity contribution is 0.0694. The number of nitrogens with zero attached hydrogens (tertiary/aromatic N) is 1.